The number of ether oxygens (including phenoxy) is 2. The van der Waals surface area contributed by atoms with Crippen molar-refractivity contribution in [1.82, 2.24) is 4.90 Å². The molecule has 2 aromatic carbocycles. The van der Waals surface area contributed by atoms with Gasteiger partial charge in [-0.2, -0.15) is 0 Å². The Bertz CT molecular complexity index is 1190. The number of rotatable bonds is 5. The fraction of sp³-hybridized carbons (Fsp3) is 0.370. The predicted octanol–water partition coefficient (Wildman–Crippen LogP) is 3.55. The van der Waals surface area contributed by atoms with E-state index in [1.807, 2.05) is 68.4 Å². The number of para-hydroxylation sites is 1. The molecule has 7 nitrogen and oxygen atoms in total. The number of carbonyl (C=O) groups is 3. The van der Waals surface area contributed by atoms with Crippen LogP contribution in [0.3, 0.4) is 0 Å². The minimum Gasteiger partial charge on any atom is -0.450 e. The van der Waals surface area contributed by atoms with Crippen LogP contribution in [0, 0.1) is 5.41 Å². The summed E-state index contributed by atoms with van der Waals surface area (Å²) in [6, 6.07) is 16.1. The molecule has 34 heavy (non-hydrogen) atoms. The van der Waals surface area contributed by atoms with E-state index in [1.54, 1.807) is 11.0 Å². The average Bonchev–Trinajstić information content (AvgIpc) is 3.25. The maximum Gasteiger partial charge on any atom is 0.329 e. The number of fused-ring (bicyclic) bond motifs is 5. The zero-order valence-electron chi connectivity index (χ0n) is 19.5. The van der Waals surface area contributed by atoms with Gasteiger partial charge in [0, 0.05) is 36.4 Å². The molecule has 176 valence electrons. The van der Waals surface area contributed by atoms with Crippen molar-refractivity contribution in [3.63, 3.8) is 0 Å². The number of hydrogen-bond donors (Lipinski definition) is 1. The molecule has 7 heteroatoms. The van der Waals surface area contributed by atoms with Gasteiger partial charge in [0.15, 0.2) is 17.4 Å². The van der Waals surface area contributed by atoms with E-state index in [4.69, 9.17) is 9.47 Å². The second-order valence-electron chi connectivity index (χ2n) is 9.77. The highest BCUT2D eigenvalue weighted by atomic mass is 16.6. The van der Waals surface area contributed by atoms with Crippen LogP contribution >= 0.6 is 0 Å². The molecule has 3 heterocycles. The fourth-order valence-corrected chi connectivity index (χ4v) is 5.99. The smallest absolute Gasteiger partial charge is 0.329 e. The Labute approximate surface area is 198 Å². The van der Waals surface area contributed by atoms with Gasteiger partial charge in [-0.1, -0.05) is 68.5 Å². The SMILES string of the molecule is C=CC(C)(C)C12Nc3ccccc3C1(OC(C)=O)CC1C(=O)OC(Cc3ccccc3)C(=O)N12. The lowest BCUT2D eigenvalue weighted by Gasteiger charge is -2.54. The Morgan fingerprint density at radius 2 is 1.88 bits per heavy atom. The lowest BCUT2D eigenvalue weighted by atomic mass is 9.68. The third kappa shape index (κ3) is 2.79. The van der Waals surface area contributed by atoms with Crippen LogP contribution < -0.4 is 5.32 Å². The monoisotopic (exact) mass is 460 g/mol. The lowest BCUT2D eigenvalue weighted by molar-refractivity contribution is -0.190. The highest BCUT2D eigenvalue weighted by Crippen LogP contribution is 2.65. The van der Waals surface area contributed by atoms with Crippen LogP contribution in [-0.4, -0.2) is 40.6 Å². The standard InChI is InChI=1S/C27H28N2O5/c1-5-25(3,4)27-26(34-17(2)30,19-13-9-10-14-20(19)28-27)16-21-24(32)33-22(23(31)29(21)27)15-18-11-7-6-8-12-18/h5-14,21-22,28H,1,15-16H2,2-4H3. The van der Waals surface area contributed by atoms with Crippen molar-refractivity contribution in [2.75, 3.05) is 5.32 Å². The Morgan fingerprint density at radius 3 is 2.56 bits per heavy atom. The number of esters is 2. The van der Waals surface area contributed by atoms with Crippen molar-refractivity contribution in [2.45, 2.75) is 57.0 Å². The number of morpholine rings is 1. The van der Waals surface area contributed by atoms with E-state index < -0.39 is 40.8 Å². The Balaban J connectivity index is 1.70. The molecule has 0 radical (unpaired) electrons. The molecule has 0 bridgehead atoms. The fourth-order valence-electron chi connectivity index (χ4n) is 5.99. The number of carbonyl (C=O) groups excluding carboxylic acids is 3. The first-order chi connectivity index (χ1) is 16.2. The Morgan fingerprint density at radius 1 is 1.21 bits per heavy atom. The van der Waals surface area contributed by atoms with E-state index in [9.17, 15) is 14.4 Å². The van der Waals surface area contributed by atoms with Crippen LogP contribution in [0.15, 0.2) is 67.3 Å². The summed E-state index contributed by atoms with van der Waals surface area (Å²) in [6.45, 7) is 9.24. The molecule has 0 saturated carbocycles. The molecule has 3 aliphatic heterocycles. The van der Waals surface area contributed by atoms with Gasteiger partial charge in [-0.15, -0.1) is 6.58 Å². The number of benzene rings is 2. The van der Waals surface area contributed by atoms with Crippen molar-refractivity contribution < 1.29 is 23.9 Å². The summed E-state index contributed by atoms with van der Waals surface area (Å²) in [4.78, 5) is 41.5. The highest BCUT2D eigenvalue weighted by molar-refractivity contribution is 5.96. The molecule has 4 unspecified atom stereocenters. The zero-order valence-corrected chi connectivity index (χ0v) is 19.5. The van der Waals surface area contributed by atoms with Crippen LogP contribution in [0.25, 0.3) is 0 Å². The minimum atomic E-state index is -1.30. The van der Waals surface area contributed by atoms with Gasteiger partial charge >= 0.3 is 11.9 Å². The van der Waals surface area contributed by atoms with Crippen LogP contribution in [0.5, 0.6) is 0 Å². The summed E-state index contributed by atoms with van der Waals surface area (Å²) in [5, 5.41) is 3.53. The Kier molecular flexibility index (Phi) is 4.86. The molecule has 0 aliphatic carbocycles. The third-order valence-corrected chi connectivity index (χ3v) is 7.48. The molecule has 3 aliphatic rings. The van der Waals surface area contributed by atoms with E-state index in [0.29, 0.717) is 0 Å². The number of nitrogens with one attached hydrogen (secondary N) is 1. The topological polar surface area (TPSA) is 84.9 Å². The molecule has 2 aromatic rings. The summed E-state index contributed by atoms with van der Waals surface area (Å²) in [7, 11) is 0. The first kappa shape index (κ1) is 22.2. The van der Waals surface area contributed by atoms with Gasteiger partial charge < -0.3 is 14.8 Å². The molecular formula is C27H28N2O5. The summed E-state index contributed by atoms with van der Waals surface area (Å²) in [6.07, 6.45) is 1.11. The van der Waals surface area contributed by atoms with Crippen molar-refractivity contribution in [2.24, 2.45) is 5.41 Å². The van der Waals surface area contributed by atoms with Crippen LogP contribution in [0.4, 0.5) is 5.69 Å². The van der Waals surface area contributed by atoms with E-state index in [-0.39, 0.29) is 18.7 Å². The maximum atomic E-state index is 14.1. The van der Waals surface area contributed by atoms with Crippen LogP contribution in [0.1, 0.15) is 38.3 Å². The predicted molar refractivity (Wildman–Crippen MR) is 125 cm³/mol. The van der Waals surface area contributed by atoms with Crippen molar-refractivity contribution in [3.8, 4) is 0 Å². The Hall–Kier alpha value is -3.61. The van der Waals surface area contributed by atoms with E-state index in [1.165, 1.54) is 6.92 Å². The molecule has 2 saturated heterocycles. The lowest BCUT2D eigenvalue weighted by Crippen LogP contribution is -2.72. The molecule has 2 fully saturated rings. The first-order valence-corrected chi connectivity index (χ1v) is 11.5. The van der Waals surface area contributed by atoms with E-state index >= 15 is 0 Å². The molecule has 1 amide bonds. The molecule has 0 aromatic heterocycles. The molecular weight excluding hydrogens is 432 g/mol. The van der Waals surface area contributed by atoms with Gasteiger partial charge in [0.2, 0.25) is 0 Å². The van der Waals surface area contributed by atoms with Gasteiger partial charge in [-0.05, 0) is 11.6 Å². The average molecular weight is 461 g/mol. The number of cyclic esters (lactones) is 1. The van der Waals surface area contributed by atoms with Crippen molar-refractivity contribution >= 4 is 23.5 Å². The van der Waals surface area contributed by atoms with Crippen molar-refractivity contribution in [3.05, 3.63) is 78.4 Å². The van der Waals surface area contributed by atoms with Gasteiger partial charge in [-0.3, -0.25) is 14.5 Å². The minimum absolute atomic E-state index is 0.0937. The summed E-state index contributed by atoms with van der Waals surface area (Å²) in [5.74, 6) is -1.32. The molecule has 0 spiro atoms. The second-order valence-corrected chi connectivity index (χ2v) is 9.77. The van der Waals surface area contributed by atoms with Gasteiger partial charge in [-0.25, -0.2) is 4.79 Å². The van der Waals surface area contributed by atoms with Gasteiger partial charge in [0.25, 0.3) is 5.91 Å². The normalized spacial score (nSPS) is 29.4. The largest absolute Gasteiger partial charge is 0.450 e. The molecule has 1 N–H and O–H groups in total. The maximum absolute atomic E-state index is 14.1. The van der Waals surface area contributed by atoms with Crippen LogP contribution in [0.2, 0.25) is 0 Å². The quantitative estimate of drug-likeness (QED) is 0.543. The zero-order chi connectivity index (χ0) is 24.3. The highest BCUT2D eigenvalue weighted by Gasteiger charge is 2.78. The molecule has 5 rings (SSSR count). The number of amides is 1. The molecule has 4 atom stereocenters. The van der Waals surface area contributed by atoms with E-state index in [2.05, 4.69) is 11.9 Å². The second kappa shape index (κ2) is 7.45. The number of nitrogens with zero attached hydrogens (tertiary/aromatic N) is 1. The van der Waals surface area contributed by atoms with Crippen molar-refractivity contribution in [1.29, 1.82) is 0 Å². The number of hydrogen-bond acceptors (Lipinski definition) is 6. The van der Waals surface area contributed by atoms with Crippen LogP contribution in [-0.2, 0) is 35.9 Å². The summed E-state index contributed by atoms with van der Waals surface area (Å²) >= 11 is 0. The van der Waals surface area contributed by atoms with Gasteiger partial charge in [0.1, 0.15) is 6.04 Å². The third-order valence-electron chi connectivity index (χ3n) is 7.48. The van der Waals surface area contributed by atoms with E-state index in [0.717, 1.165) is 16.8 Å². The summed E-state index contributed by atoms with van der Waals surface area (Å²) < 4.78 is 11.8. The van der Waals surface area contributed by atoms with Gasteiger partial charge in [0.05, 0.1) is 0 Å². The number of anilines is 1. The summed E-state index contributed by atoms with van der Waals surface area (Å²) in [5.41, 5.74) is -1.00. The first-order valence-electron chi connectivity index (χ1n) is 11.5.